The Labute approximate surface area is 166 Å². The molecule has 0 amide bonds. The zero-order valence-corrected chi connectivity index (χ0v) is 17.2. The van der Waals surface area contributed by atoms with Gasteiger partial charge in [0, 0.05) is 31.9 Å². The lowest BCUT2D eigenvalue weighted by atomic mass is 9.99. The van der Waals surface area contributed by atoms with Gasteiger partial charge in [-0.1, -0.05) is 20.8 Å². The van der Waals surface area contributed by atoms with E-state index in [9.17, 15) is 0 Å². The summed E-state index contributed by atoms with van der Waals surface area (Å²) in [6, 6.07) is 0. The summed E-state index contributed by atoms with van der Waals surface area (Å²) in [5, 5.41) is 1.13. The standard InChI is InChI=1S/C22H29N5O/c1-4-26-8-10-27(11-9-26)21-20-19(23-13-24-21)18-16-7-5-6-15(16)17(12-14(2)3)25-22(18)28-20/h13-14H,4-12H2,1-3H3. The van der Waals surface area contributed by atoms with Crippen LogP contribution in [0.5, 0.6) is 0 Å². The van der Waals surface area contributed by atoms with Crippen molar-refractivity contribution in [3.05, 3.63) is 23.1 Å². The summed E-state index contributed by atoms with van der Waals surface area (Å²) in [4.78, 5) is 19.0. The maximum Gasteiger partial charge on any atom is 0.229 e. The molecular weight excluding hydrogens is 350 g/mol. The summed E-state index contributed by atoms with van der Waals surface area (Å²) in [5.41, 5.74) is 6.59. The Kier molecular flexibility index (Phi) is 4.46. The summed E-state index contributed by atoms with van der Waals surface area (Å²) in [6.07, 6.45) is 6.13. The van der Waals surface area contributed by atoms with Gasteiger partial charge in [0.05, 0.1) is 5.39 Å². The molecule has 6 nitrogen and oxygen atoms in total. The van der Waals surface area contributed by atoms with Crippen LogP contribution in [0.2, 0.25) is 0 Å². The molecule has 0 aromatic carbocycles. The van der Waals surface area contributed by atoms with E-state index in [1.807, 2.05) is 0 Å². The Hall–Kier alpha value is -2.21. The normalized spacial score (nSPS) is 17.9. The molecule has 3 aromatic rings. The summed E-state index contributed by atoms with van der Waals surface area (Å²) in [7, 11) is 0. The van der Waals surface area contributed by atoms with Crippen molar-refractivity contribution in [2.45, 2.75) is 46.5 Å². The Bertz CT molecular complexity index is 1020. The number of likely N-dealkylation sites (N-methyl/N-ethyl adjacent to an activating group) is 1. The van der Waals surface area contributed by atoms with Crippen LogP contribution in [0.3, 0.4) is 0 Å². The average Bonchev–Trinajstić information content (AvgIpc) is 3.31. The minimum absolute atomic E-state index is 0.587. The van der Waals surface area contributed by atoms with Gasteiger partial charge in [-0.05, 0) is 49.3 Å². The molecule has 1 aliphatic carbocycles. The maximum atomic E-state index is 6.35. The Morgan fingerprint density at radius 2 is 1.86 bits per heavy atom. The van der Waals surface area contributed by atoms with E-state index in [1.54, 1.807) is 6.33 Å². The second-order valence-electron chi connectivity index (χ2n) is 8.55. The van der Waals surface area contributed by atoms with Crippen molar-refractivity contribution in [3.8, 4) is 0 Å². The van der Waals surface area contributed by atoms with E-state index in [2.05, 4.69) is 40.5 Å². The van der Waals surface area contributed by atoms with E-state index in [0.29, 0.717) is 5.92 Å². The lowest BCUT2D eigenvalue weighted by Crippen LogP contribution is -2.46. The number of furan rings is 1. The summed E-state index contributed by atoms with van der Waals surface area (Å²) >= 11 is 0. The van der Waals surface area contributed by atoms with E-state index in [0.717, 1.165) is 80.0 Å². The van der Waals surface area contributed by atoms with Crippen molar-refractivity contribution in [1.82, 2.24) is 19.9 Å². The Morgan fingerprint density at radius 3 is 2.61 bits per heavy atom. The first-order chi connectivity index (χ1) is 13.7. The van der Waals surface area contributed by atoms with Crippen LogP contribution in [-0.2, 0) is 19.3 Å². The smallest absolute Gasteiger partial charge is 0.229 e. The average molecular weight is 380 g/mol. The van der Waals surface area contributed by atoms with Gasteiger partial charge in [-0.25, -0.2) is 15.0 Å². The molecule has 2 aliphatic rings. The second-order valence-corrected chi connectivity index (χ2v) is 8.55. The number of pyridine rings is 1. The van der Waals surface area contributed by atoms with Crippen molar-refractivity contribution in [2.75, 3.05) is 37.6 Å². The molecule has 1 saturated heterocycles. The summed E-state index contributed by atoms with van der Waals surface area (Å²) < 4.78 is 6.35. The molecule has 0 radical (unpaired) electrons. The van der Waals surface area contributed by atoms with E-state index in [1.165, 1.54) is 23.2 Å². The maximum absolute atomic E-state index is 6.35. The number of anilines is 1. The fourth-order valence-corrected chi connectivity index (χ4v) is 4.82. The number of aryl methyl sites for hydroxylation is 1. The Balaban J connectivity index is 1.64. The molecule has 0 unspecified atom stereocenters. The van der Waals surface area contributed by atoms with Crippen LogP contribution in [0.1, 0.15) is 44.0 Å². The number of nitrogens with zero attached hydrogens (tertiary/aromatic N) is 5. The largest absolute Gasteiger partial charge is 0.432 e. The number of rotatable bonds is 4. The van der Waals surface area contributed by atoms with Gasteiger partial charge in [0.2, 0.25) is 5.71 Å². The highest BCUT2D eigenvalue weighted by Crippen LogP contribution is 2.39. The van der Waals surface area contributed by atoms with E-state index < -0.39 is 0 Å². The third-order valence-electron chi connectivity index (χ3n) is 6.26. The first kappa shape index (κ1) is 17.9. The van der Waals surface area contributed by atoms with Gasteiger partial charge in [0.25, 0.3) is 0 Å². The van der Waals surface area contributed by atoms with Gasteiger partial charge in [-0.3, -0.25) is 0 Å². The minimum Gasteiger partial charge on any atom is -0.432 e. The predicted molar refractivity (Wildman–Crippen MR) is 112 cm³/mol. The number of aromatic nitrogens is 3. The molecule has 6 heteroatoms. The lowest BCUT2D eigenvalue weighted by Gasteiger charge is -2.34. The highest BCUT2D eigenvalue weighted by atomic mass is 16.3. The van der Waals surface area contributed by atoms with Gasteiger partial charge in [0.1, 0.15) is 11.8 Å². The first-order valence-electron chi connectivity index (χ1n) is 10.7. The lowest BCUT2D eigenvalue weighted by molar-refractivity contribution is 0.270. The quantitative estimate of drug-likeness (QED) is 0.690. The monoisotopic (exact) mass is 379 g/mol. The van der Waals surface area contributed by atoms with Crippen LogP contribution < -0.4 is 4.90 Å². The molecule has 5 rings (SSSR count). The van der Waals surface area contributed by atoms with Crippen LogP contribution in [0.25, 0.3) is 22.2 Å². The molecule has 3 aromatic heterocycles. The third kappa shape index (κ3) is 2.85. The SMILES string of the molecule is CCN1CCN(c2ncnc3c2oc2nc(CC(C)C)c4c(c23)CCC4)CC1. The Morgan fingerprint density at radius 1 is 1.07 bits per heavy atom. The summed E-state index contributed by atoms with van der Waals surface area (Å²) in [6.45, 7) is 11.9. The van der Waals surface area contributed by atoms with Crippen LogP contribution in [-0.4, -0.2) is 52.6 Å². The topological polar surface area (TPSA) is 58.3 Å². The highest BCUT2D eigenvalue weighted by molar-refractivity contribution is 6.06. The molecule has 4 heterocycles. The van der Waals surface area contributed by atoms with Gasteiger partial charge >= 0.3 is 0 Å². The van der Waals surface area contributed by atoms with E-state index >= 15 is 0 Å². The van der Waals surface area contributed by atoms with Gasteiger partial charge in [0.15, 0.2) is 11.4 Å². The van der Waals surface area contributed by atoms with Crippen LogP contribution in [0.4, 0.5) is 5.82 Å². The summed E-state index contributed by atoms with van der Waals surface area (Å²) in [5.74, 6) is 1.51. The fourth-order valence-electron chi connectivity index (χ4n) is 4.82. The third-order valence-corrected chi connectivity index (χ3v) is 6.26. The zero-order valence-electron chi connectivity index (χ0n) is 17.2. The van der Waals surface area contributed by atoms with Crippen LogP contribution in [0, 0.1) is 5.92 Å². The number of piperazine rings is 1. The second kappa shape index (κ2) is 6.99. The van der Waals surface area contributed by atoms with Gasteiger partial charge < -0.3 is 14.2 Å². The molecule has 0 bridgehead atoms. The molecule has 28 heavy (non-hydrogen) atoms. The van der Waals surface area contributed by atoms with Crippen molar-refractivity contribution in [3.63, 3.8) is 0 Å². The van der Waals surface area contributed by atoms with Crippen molar-refractivity contribution in [1.29, 1.82) is 0 Å². The zero-order chi connectivity index (χ0) is 19.3. The molecule has 1 aliphatic heterocycles. The van der Waals surface area contributed by atoms with Crippen LogP contribution in [0.15, 0.2) is 10.7 Å². The molecule has 0 saturated carbocycles. The molecule has 1 fully saturated rings. The molecule has 0 spiro atoms. The number of fused-ring (bicyclic) bond motifs is 5. The van der Waals surface area contributed by atoms with Crippen molar-refractivity contribution in [2.24, 2.45) is 5.92 Å². The highest BCUT2D eigenvalue weighted by Gasteiger charge is 2.27. The van der Waals surface area contributed by atoms with E-state index in [4.69, 9.17) is 9.40 Å². The first-order valence-corrected chi connectivity index (χ1v) is 10.7. The van der Waals surface area contributed by atoms with Gasteiger partial charge in [-0.2, -0.15) is 0 Å². The predicted octanol–water partition coefficient (Wildman–Crippen LogP) is 3.60. The molecule has 148 valence electrons. The van der Waals surface area contributed by atoms with Gasteiger partial charge in [-0.15, -0.1) is 0 Å². The number of hydrogen-bond donors (Lipinski definition) is 0. The fraction of sp³-hybridized carbons (Fsp3) is 0.591. The van der Waals surface area contributed by atoms with Crippen molar-refractivity contribution < 1.29 is 4.42 Å². The van der Waals surface area contributed by atoms with Crippen LogP contribution >= 0.6 is 0 Å². The minimum atomic E-state index is 0.587. The molecule has 0 N–H and O–H groups in total. The molecular formula is C22H29N5O. The van der Waals surface area contributed by atoms with Crippen molar-refractivity contribution >= 4 is 28.0 Å². The van der Waals surface area contributed by atoms with E-state index in [-0.39, 0.29) is 0 Å². The number of hydrogen-bond acceptors (Lipinski definition) is 6. The molecule has 0 atom stereocenters.